The molecule has 1 aromatic carbocycles. The fraction of sp³-hybridized carbons (Fsp3) is 0.467. The minimum Gasteiger partial charge on any atom is -0.495 e. The predicted molar refractivity (Wildman–Crippen MR) is 87.2 cm³/mol. The van der Waals surface area contributed by atoms with Crippen molar-refractivity contribution in [2.75, 3.05) is 25.5 Å². The second kappa shape index (κ2) is 8.60. The van der Waals surface area contributed by atoms with Crippen LogP contribution in [0.2, 0.25) is 5.02 Å². The average molecular weight is 328 g/mol. The molecule has 4 N–H and O–H groups in total. The number of carbonyl (C=O) groups is 2. The van der Waals surface area contributed by atoms with Crippen LogP contribution in [0.1, 0.15) is 18.9 Å². The fourth-order valence-corrected chi connectivity index (χ4v) is 1.88. The van der Waals surface area contributed by atoms with Gasteiger partial charge in [-0.05, 0) is 18.6 Å². The Morgan fingerprint density at radius 2 is 2.09 bits per heavy atom. The van der Waals surface area contributed by atoms with Crippen LogP contribution >= 0.6 is 11.6 Å². The predicted octanol–water partition coefficient (Wildman–Crippen LogP) is 1.70. The molecule has 7 heteroatoms. The third-order valence-corrected chi connectivity index (χ3v) is 3.61. The topological polar surface area (TPSA) is 93.5 Å². The summed E-state index contributed by atoms with van der Waals surface area (Å²) in [5, 5.41) is 5.98. The third-order valence-electron chi connectivity index (χ3n) is 3.21. The Kier molecular flexibility index (Phi) is 7.14. The number of carbonyl (C=O) groups excluding carboxylic acids is 2. The van der Waals surface area contributed by atoms with Gasteiger partial charge in [-0.2, -0.15) is 0 Å². The molecule has 0 aliphatic carbocycles. The molecule has 0 bridgehead atoms. The summed E-state index contributed by atoms with van der Waals surface area (Å²) in [5.41, 5.74) is 6.79. The molecule has 0 radical (unpaired) electrons. The van der Waals surface area contributed by atoms with Gasteiger partial charge >= 0.3 is 0 Å². The number of hydrogen-bond acceptors (Lipinski definition) is 4. The maximum absolute atomic E-state index is 11.9. The first kappa shape index (κ1) is 18.3. The molecule has 1 rings (SSSR count). The van der Waals surface area contributed by atoms with E-state index in [0.29, 0.717) is 16.5 Å². The zero-order valence-corrected chi connectivity index (χ0v) is 13.8. The van der Waals surface area contributed by atoms with E-state index in [1.54, 1.807) is 19.1 Å². The van der Waals surface area contributed by atoms with Crippen LogP contribution in [0.4, 0.5) is 5.69 Å². The van der Waals surface area contributed by atoms with Crippen LogP contribution in [0, 0.1) is 12.8 Å². The molecular weight excluding hydrogens is 306 g/mol. The van der Waals surface area contributed by atoms with Crippen LogP contribution in [0.25, 0.3) is 0 Å². The van der Waals surface area contributed by atoms with Gasteiger partial charge in [0.2, 0.25) is 11.8 Å². The van der Waals surface area contributed by atoms with Gasteiger partial charge in [-0.25, -0.2) is 0 Å². The Morgan fingerprint density at radius 1 is 1.41 bits per heavy atom. The normalized spacial score (nSPS) is 11.7. The molecule has 0 heterocycles. The van der Waals surface area contributed by atoms with E-state index in [-0.39, 0.29) is 37.2 Å². The molecule has 0 aromatic heterocycles. The van der Waals surface area contributed by atoms with Gasteiger partial charge in [-0.1, -0.05) is 18.5 Å². The molecule has 122 valence electrons. The minimum absolute atomic E-state index is 0.157. The number of benzene rings is 1. The monoisotopic (exact) mass is 327 g/mol. The molecule has 0 aliphatic rings. The summed E-state index contributed by atoms with van der Waals surface area (Å²) in [6.07, 6.45) is 0.161. The Hall–Kier alpha value is -1.79. The highest BCUT2D eigenvalue weighted by molar-refractivity contribution is 6.31. The number of halogens is 1. The van der Waals surface area contributed by atoms with E-state index in [0.717, 1.165) is 5.56 Å². The van der Waals surface area contributed by atoms with Crippen molar-refractivity contribution in [2.24, 2.45) is 11.7 Å². The molecule has 0 fully saturated rings. The zero-order chi connectivity index (χ0) is 16.7. The zero-order valence-electron chi connectivity index (χ0n) is 13.0. The number of anilines is 1. The second-order valence-electron chi connectivity index (χ2n) is 5.03. The van der Waals surface area contributed by atoms with Crippen molar-refractivity contribution in [3.63, 3.8) is 0 Å². The van der Waals surface area contributed by atoms with Crippen molar-refractivity contribution in [3.8, 4) is 5.75 Å². The molecule has 0 spiro atoms. The highest BCUT2D eigenvalue weighted by atomic mass is 35.5. The Bertz CT molecular complexity index is 549. The standard InChI is InChI=1S/C15H22ClN3O3/c1-9-6-12(13(22-3)7-11(9)16)19-14(20)4-5-18-15(21)10(2)8-17/h6-7,10H,4-5,8,17H2,1-3H3,(H,18,21)(H,19,20). The van der Waals surface area contributed by atoms with E-state index in [1.807, 2.05) is 6.92 Å². The molecule has 0 saturated heterocycles. The second-order valence-corrected chi connectivity index (χ2v) is 5.43. The van der Waals surface area contributed by atoms with E-state index in [4.69, 9.17) is 22.1 Å². The van der Waals surface area contributed by atoms with Gasteiger partial charge in [-0.3, -0.25) is 9.59 Å². The highest BCUT2D eigenvalue weighted by Crippen LogP contribution is 2.30. The molecule has 22 heavy (non-hydrogen) atoms. The lowest BCUT2D eigenvalue weighted by atomic mass is 10.1. The lowest BCUT2D eigenvalue weighted by Crippen LogP contribution is -2.35. The van der Waals surface area contributed by atoms with Crippen molar-refractivity contribution in [1.29, 1.82) is 0 Å². The summed E-state index contributed by atoms with van der Waals surface area (Å²) in [5.74, 6) is -0.150. The summed E-state index contributed by atoms with van der Waals surface area (Å²) in [4.78, 5) is 23.5. The molecule has 0 aliphatic heterocycles. The quantitative estimate of drug-likeness (QED) is 0.710. The number of hydrogen-bond donors (Lipinski definition) is 3. The molecule has 1 atom stereocenters. The van der Waals surface area contributed by atoms with Crippen LogP contribution in [-0.2, 0) is 9.59 Å². The average Bonchev–Trinajstić information content (AvgIpc) is 2.49. The molecule has 0 saturated carbocycles. The first-order valence-corrected chi connectivity index (χ1v) is 7.38. The van der Waals surface area contributed by atoms with Gasteiger partial charge < -0.3 is 21.1 Å². The summed E-state index contributed by atoms with van der Waals surface area (Å²) in [7, 11) is 1.51. The van der Waals surface area contributed by atoms with E-state index >= 15 is 0 Å². The van der Waals surface area contributed by atoms with Crippen molar-refractivity contribution in [1.82, 2.24) is 5.32 Å². The maximum atomic E-state index is 11.9. The Balaban J connectivity index is 2.55. The highest BCUT2D eigenvalue weighted by Gasteiger charge is 2.12. The lowest BCUT2D eigenvalue weighted by Gasteiger charge is -2.13. The van der Waals surface area contributed by atoms with E-state index in [1.165, 1.54) is 7.11 Å². The number of methoxy groups -OCH3 is 1. The number of rotatable bonds is 7. The molecule has 2 amide bonds. The molecule has 6 nitrogen and oxygen atoms in total. The molecular formula is C15H22ClN3O3. The van der Waals surface area contributed by atoms with Crippen molar-refractivity contribution in [3.05, 3.63) is 22.7 Å². The number of nitrogens with two attached hydrogens (primary N) is 1. The van der Waals surface area contributed by atoms with E-state index < -0.39 is 0 Å². The largest absolute Gasteiger partial charge is 0.495 e. The summed E-state index contributed by atoms with van der Waals surface area (Å²) < 4.78 is 5.19. The Morgan fingerprint density at radius 3 is 2.68 bits per heavy atom. The molecule has 1 unspecified atom stereocenters. The Labute approximate surface area is 135 Å². The summed E-state index contributed by atoms with van der Waals surface area (Å²) in [6.45, 7) is 4.10. The lowest BCUT2D eigenvalue weighted by molar-refractivity contribution is -0.124. The van der Waals surface area contributed by atoms with Gasteiger partial charge in [0, 0.05) is 36.5 Å². The number of nitrogens with one attached hydrogen (secondary N) is 2. The van der Waals surface area contributed by atoms with Gasteiger partial charge in [0.05, 0.1) is 12.8 Å². The van der Waals surface area contributed by atoms with Crippen LogP contribution < -0.4 is 21.1 Å². The van der Waals surface area contributed by atoms with Crippen LogP contribution in [-0.4, -0.2) is 32.0 Å². The van der Waals surface area contributed by atoms with Crippen LogP contribution in [0.5, 0.6) is 5.75 Å². The first-order valence-electron chi connectivity index (χ1n) is 7.00. The smallest absolute Gasteiger partial charge is 0.226 e. The van der Waals surface area contributed by atoms with E-state index in [9.17, 15) is 9.59 Å². The SMILES string of the molecule is COc1cc(Cl)c(C)cc1NC(=O)CCNC(=O)C(C)CN. The van der Waals surface area contributed by atoms with Crippen molar-refractivity contribution in [2.45, 2.75) is 20.3 Å². The summed E-state index contributed by atoms with van der Waals surface area (Å²) >= 11 is 6.01. The van der Waals surface area contributed by atoms with Gasteiger partial charge in [0.1, 0.15) is 5.75 Å². The summed E-state index contributed by atoms with van der Waals surface area (Å²) in [6, 6.07) is 3.39. The van der Waals surface area contributed by atoms with Gasteiger partial charge in [0.15, 0.2) is 0 Å². The minimum atomic E-state index is -0.262. The van der Waals surface area contributed by atoms with Gasteiger partial charge in [0.25, 0.3) is 0 Å². The van der Waals surface area contributed by atoms with E-state index in [2.05, 4.69) is 10.6 Å². The van der Waals surface area contributed by atoms with Crippen LogP contribution in [0.3, 0.4) is 0 Å². The maximum Gasteiger partial charge on any atom is 0.226 e. The number of ether oxygens (including phenoxy) is 1. The van der Waals surface area contributed by atoms with Crippen molar-refractivity contribution >= 4 is 29.1 Å². The number of aryl methyl sites for hydroxylation is 1. The van der Waals surface area contributed by atoms with Crippen LogP contribution in [0.15, 0.2) is 12.1 Å². The van der Waals surface area contributed by atoms with Crippen molar-refractivity contribution < 1.29 is 14.3 Å². The first-order chi connectivity index (χ1) is 10.4. The van der Waals surface area contributed by atoms with Gasteiger partial charge in [-0.15, -0.1) is 0 Å². The molecule has 1 aromatic rings. The third kappa shape index (κ3) is 5.20. The fourth-order valence-electron chi connectivity index (χ4n) is 1.72. The number of amides is 2.